The molecule has 1 saturated carbocycles. The van der Waals surface area contributed by atoms with Crippen LogP contribution in [0.25, 0.3) is 0 Å². The highest BCUT2D eigenvalue weighted by Gasteiger charge is 2.56. The Bertz CT molecular complexity index is 1300. The Morgan fingerprint density at radius 1 is 1.09 bits per heavy atom. The number of carbonyl (C=O) groups is 5. The van der Waals surface area contributed by atoms with Crippen molar-refractivity contribution < 1.29 is 64.2 Å². The van der Waals surface area contributed by atoms with Crippen molar-refractivity contribution in [3.8, 4) is 5.75 Å². The molecule has 4 rings (SSSR count). The van der Waals surface area contributed by atoms with Crippen molar-refractivity contribution in [2.45, 2.75) is 56.9 Å². The Kier molecular flexibility index (Phi) is 8.90. The number of ether oxygens (including phenoxy) is 2. The third-order valence-corrected chi connectivity index (χ3v) is 7.43. The Hall–Kier alpha value is -3.96. The Balaban J connectivity index is 1.48. The normalized spacial score (nSPS) is 21.7. The number of carbonyl (C=O) groups excluding carboxylic acids is 5. The second kappa shape index (κ2) is 12.0. The van der Waals surface area contributed by atoms with Crippen molar-refractivity contribution in [2.24, 2.45) is 11.3 Å². The van der Waals surface area contributed by atoms with Crippen molar-refractivity contribution in [1.29, 1.82) is 0 Å². The van der Waals surface area contributed by atoms with E-state index in [0.29, 0.717) is 18.9 Å². The zero-order chi connectivity index (χ0) is 31.7. The van der Waals surface area contributed by atoms with E-state index >= 15 is 0 Å². The van der Waals surface area contributed by atoms with Gasteiger partial charge in [0.25, 0.3) is 0 Å². The summed E-state index contributed by atoms with van der Waals surface area (Å²) < 4.78 is 96.9. The lowest BCUT2D eigenvalue weighted by Crippen LogP contribution is -2.53. The van der Waals surface area contributed by atoms with E-state index in [9.17, 15) is 54.7 Å². The molecule has 1 aliphatic carbocycles. The van der Waals surface area contributed by atoms with Crippen LogP contribution in [0.3, 0.4) is 0 Å². The van der Waals surface area contributed by atoms with Crippen molar-refractivity contribution in [1.82, 2.24) is 15.5 Å². The minimum atomic E-state index is -5.24. The van der Waals surface area contributed by atoms with Gasteiger partial charge in [-0.2, -0.15) is 0 Å². The lowest BCUT2D eigenvalue weighted by molar-refractivity contribution is -0.321. The zero-order valence-electron chi connectivity index (χ0n) is 22.1. The molecule has 2 saturated heterocycles. The van der Waals surface area contributed by atoms with Gasteiger partial charge in [0.2, 0.25) is 11.8 Å². The molecular weight excluding hydrogens is 601 g/mol. The monoisotopic (exact) mass is 626 g/mol. The van der Waals surface area contributed by atoms with Crippen LogP contribution in [0.1, 0.15) is 32.1 Å². The lowest BCUT2D eigenvalue weighted by Gasteiger charge is -2.26. The molecule has 1 unspecified atom stereocenters. The molecule has 3 aliphatic rings. The van der Waals surface area contributed by atoms with E-state index < -0.39 is 89.4 Å². The van der Waals surface area contributed by atoms with E-state index in [1.54, 1.807) is 0 Å². The number of hydrogen-bond donors (Lipinski definition) is 3. The Morgan fingerprint density at radius 2 is 1.79 bits per heavy atom. The molecule has 2 heterocycles. The maximum absolute atomic E-state index is 14.5. The van der Waals surface area contributed by atoms with Crippen LogP contribution in [-0.2, 0) is 28.7 Å². The van der Waals surface area contributed by atoms with Crippen LogP contribution in [0.15, 0.2) is 18.2 Å². The van der Waals surface area contributed by atoms with E-state index in [-0.39, 0.29) is 32.4 Å². The summed E-state index contributed by atoms with van der Waals surface area (Å²) in [6, 6.07) is -0.527. The van der Waals surface area contributed by atoms with Gasteiger partial charge in [-0.3, -0.25) is 28.7 Å². The van der Waals surface area contributed by atoms with Crippen molar-refractivity contribution >= 4 is 35.1 Å². The smallest absolute Gasteiger partial charge is 0.403 e. The van der Waals surface area contributed by atoms with E-state index in [1.807, 2.05) is 5.32 Å². The molecule has 1 spiro atoms. The minimum absolute atomic E-state index is 0.0327. The first-order valence-electron chi connectivity index (χ1n) is 12.9. The predicted octanol–water partition coefficient (Wildman–Crippen LogP) is 2.16. The fourth-order valence-electron chi connectivity index (χ4n) is 5.11. The zero-order valence-corrected chi connectivity index (χ0v) is 22.1. The van der Waals surface area contributed by atoms with E-state index in [1.165, 1.54) is 0 Å². The maximum Gasteiger partial charge on any atom is 0.573 e. The predicted molar refractivity (Wildman–Crippen MR) is 128 cm³/mol. The summed E-state index contributed by atoms with van der Waals surface area (Å²) in [5.41, 5.74) is -1.36. The molecule has 11 nitrogen and oxygen atoms in total. The average Bonchev–Trinajstić information content (AvgIpc) is 3.37. The molecule has 3 N–H and O–H groups in total. The molecule has 236 valence electrons. The maximum atomic E-state index is 14.5. The molecule has 0 radical (unpaired) electrons. The fourth-order valence-corrected chi connectivity index (χ4v) is 5.11. The van der Waals surface area contributed by atoms with Crippen molar-refractivity contribution in [3.05, 3.63) is 24.0 Å². The second-order valence-corrected chi connectivity index (χ2v) is 10.5. The first-order valence-corrected chi connectivity index (χ1v) is 12.9. The van der Waals surface area contributed by atoms with E-state index in [4.69, 9.17) is 0 Å². The number of ketones is 1. The molecule has 1 aromatic rings. The van der Waals surface area contributed by atoms with Gasteiger partial charge in [0.05, 0.1) is 11.7 Å². The van der Waals surface area contributed by atoms with Crippen LogP contribution in [0, 0.1) is 17.2 Å². The molecule has 0 bridgehead atoms. The summed E-state index contributed by atoms with van der Waals surface area (Å²) >= 11 is 0. The number of alkyl halides is 6. The van der Waals surface area contributed by atoms with Gasteiger partial charge in [0.15, 0.2) is 17.3 Å². The summed E-state index contributed by atoms with van der Waals surface area (Å²) in [4.78, 5) is 64.7. The molecule has 18 heteroatoms. The summed E-state index contributed by atoms with van der Waals surface area (Å²) in [5, 5.41) is 6.66. The lowest BCUT2D eigenvalue weighted by atomic mass is 9.95. The van der Waals surface area contributed by atoms with Crippen molar-refractivity contribution in [2.75, 3.05) is 25.0 Å². The topological polar surface area (TPSA) is 143 Å². The van der Waals surface area contributed by atoms with Crippen LogP contribution in [0.5, 0.6) is 5.75 Å². The number of anilines is 1. The first kappa shape index (κ1) is 32.0. The third kappa shape index (κ3) is 8.11. The van der Waals surface area contributed by atoms with Crippen molar-refractivity contribution in [3.63, 3.8) is 0 Å². The fraction of sp³-hybridized carbons (Fsp3) is 0.560. The van der Waals surface area contributed by atoms with Crippen LogP contribution in [0.4, 0.5) is 36.4 Å². The number of amides is 4. The van der Waals surface area contributed by atoms with Crippen LogP contribution in [-0.4, -0.2) is 78.8 Å². The number of nitrogens with one attached hydrogen (secondary N) is 3. The number of Topliss-reactive ketones (excluding diaryl/α,β-unsaturated/α-hetero) is 1. The highest BCUT2D eigenvalue weighted by atomic mass is 19.4. The molecule has 1 aromatic carbocycles. The summed E-state index contributed by atoms with van der Waals surface area (Å²) in [6.07, 6.45) is -9.32. The van der Waals surface area contributed by atoms with Crippen LogP contribution >= 0.6 is 0 Å². The molecule has 4 amide bonds. The van der Waals surface area contributed by atoms with Gasteiger partial charge >= 0.3 is 24.5 Å². The van der Waals surface area contributed by atoms with Gasteiger partial charge in [-0.1, -0.05) is 6.07 Å². The number of nitrogens with zero attached hydrogens (tertiary/aromatic N) is 1. The Labute approximate surface area is 238 Å². The van der Waals surface area contributed by atoms with Gasteiger partial charge in [0, 0.05) is 19.0 Å². The summed E-state index contributed by atoms with van der Waals surface area (Å²) in [6.45, 7) is -1.30. The van der Waals surface area contributed by atoms with Gasteiger partial charge in [-0.05, 0) is 49.7 Å². The standard InChI is InChI=1S/C25H25F7N4O7/c26-18-13(2-1-3-17(18)43-25(30,31)32)34-21(40)22(41)36-11-23(5-6-23)9-15(36)20(39)35-14(8-12-4-7-33-19(12)38)16(37)10-42-24(27,28)29/h1-3,12,14-15H,4-11H2,(H,33,38)(H,34,40)(H,35,39)/t12-,14?,15-/m0/s1. The highest BCUT2D eigenvalue weighted by molar-refractivity contribution is 6.40. The molecule has 2 aliphatic heterocycles. The second-order valence-electron chi connectivity index (χ2n) is 10.5. The average molecular weight is 626 g/mol. The largest absolute Gasteiger partial charge is 0.573 e. The van der Waals surface area contributed by atoms with Gasteiger partial charge in [-0.15, -0.1) is 26.3 Å². The Morgan fingerprint density at radius 3 is 2.37 bits per heavy atom. The molecule has 3 atom stereocenters. The number of likely N-dealkylation sites (tertiary alicyclic amines) is 1. The van der Waals surface area contributed by atoms with E-state index in [2.05, 4.69) is 20.1 Å². The van der Waals surface area contributed by atoms with Crippen LogP contribution < -0.4 is 20.7 Å². The number of benzene rings is 1. The summed E-state index contributed by atoms with van der Waals surface area (Å²) in [7, 11) is 0. The number of rotatable bonds is 9. The quantitative estimate of drug-likeness (QED) is 0.282. The van der Waals surface area contributed by atoms with Gasteiger partial charge < -0.3 is 25.6 Å². The molecular formula is C25H25F7N4O7. The molecule has 0 aromatic heterocycles. The highest BCUT2D eigenvalue weighted by Crippen LogP contribution is 2.54. The number of halogens is 7. The van der Waals surface area contributed by atoms with E-state index in [0.717, 1.165) is 17.0 Å². The first-order chi connectivity index (χ1) is 20.0. The van der Waals surface area contributed by atoms with Crippen LogP contribution in [0.2, 0.25) is 0 Å². The molecule has 43 heavy (non-hydrogen) atoms. The van der Waals surface area contributed by atoms with Gasteiger partial charge in [-0.25, -0.2) is 4.39 Å². The summed E-state index contributed by atoms with van der Waals surface area (Å²) in [5.74, 6) is -9.16. The SMILES string of the molecule is O=C(Nc1cccc(OC(F)(F)F)c1F)C(=O)N1CC2(CC2)C[C@H]1C(=O)NC(C[C@@H]1CCNC1=O)C(=O)COC(F)(F)F. The minimum Gasteiger partial charge on any atom is -0.403 e. The number of hydrogen-bond acceptors (Lipinski definition) is 7. The van der Waals surface area contributed by atoms with Gasteiger partial charge in [0.1, 0.15) is 12.6 Å². The molecule has 3 fully saturated rings. The third-order valence-electron chi connectivity index (χ3n) is 7.43.